The molecule has 0 amide bonds. The van der Waals surface area contributed by atoms with E-state index >= 15 is 0 Å². The molecule has 25 heavy (non-hydrogen) atoms. The van der Waals surface area contributed by atoms with Crippen LogP contribution >= 0.6 is 11.3 Å². The molecular formula is C19H23BN2O2S. The molecule has 1 saturated heterocycles. The molecule has 0 saturated carbocycles. The normalized spacial score (nSPS) is 19.0. The van der Waals surface area contributed by atoms with E-state index in [2.05, 4.69) is 76.4 Å². The molecule has 4 rings (SSSR count). The molecule has 0 unspecified atom stereocenters. The van der Waals surface area contributed by atoms with Crippen LogP contribution in [0.1, 0.15) is 39.1 Å². The lowest BCUT2D eigenvalue weighted by atomic mass is 9.79. The first-order chi connectivity index (χ1) is 11.7. The van der Waals surface area contributed by atoms with Crippen molar-refractivity contribution in [1.82, 2.24) is 9.55 Å². The van der Waals surface area contributed by atoms with Crippen molar-refractivity contribution < 1.29 is 9.31 Å². The highest BCUT2D eigenvalue weighted by atomic mass is 32.1. The molecule has 130 valence electrons. The lowest BCUT2D eigenvalue weighted by molar-refractivity contribution is 0.00578. The van der Waals surface area contributed by atoms with E-state index in [9.17, 15) is 0 Å². The molecule has 0 bridgehead atoms. The van der Waals surface area contributed by atoms with Crippen LogP contribution in [0.15, 0.2) is 30.3 Å². The summed E-state index contributed by atoms with van der Waals surface area (Å²) in [7, 11) is -0.338. The Morgan fingerprint density at radius 2 is 1.56 bits per heavy atom. The number of nitrogens with zero attached hydrogens (tertiary/aromatic N) is 2. The van der Waals surface area contributed by atoms with Gasteiger partial charge >= 0.3 is 7.12 Å². The monoisotopic (exact) mass is 354 g/mol. The predicted octanol–water partition coefficient (Wildman–Crippen LogP) is 4.00. The average molecular weight is 354 g/mol. The zero-order valence-electron chi connectivity index (χ0n) is 15.6. The van der Waals surface area contributed by atoms with Crippen LogP contribution in [0.3, 0.4) is 0 Å². The molecule has 6 heteroatoms. The fourth-order valence-electron chi connectivity index (χ4n) is 3.12. The third-order valence-corrected chi connectivity index (χ3v) is 6.39. The van der Waals surface area contributed by atoms with Crippen LogP contribution < -0.4 is 5.46 Å². The van der Waals surface area contributed by atoms with Gasteiger partial charge in [0.1, 0.15) is 0 Å². The van der Waals surface area contributed by atoms with Crippen molar-refractivity contribution in [3.8, 4) is 5.13 Å². The summed E-state index contributed by atoms with van der Waals surface area (Å²) in [5.41, 5.74) is 3.79. The van der Waals surface area contributed by atoms with E-state index in [1.165, 1.54) is 11.4 Å². The zero-order chi connectivity index (χ0) is 18.0. The lowest BCUT2D eigenvalue weighted by Crippen LogP contribution is -2.41. The van der Waals surface area contributed by atoms with Gasteiger partial charge in [0.25, 0.3) is 0 Å². The molecule has 1 fully saturated rings. The Morgan fingerprint density at radius 1 is 0.960 bits per heavy atom. The maximum absolute atomic E-state index is 6.17. The number of thiazole rings is 1. The summed E-state index contributed by atoms with van der Waals surface area (Å²) in [4.78, 5) is 4.80. The third kappa shape index (κ3) is 2.63. The second-order valence-electron chi connectivity index (χ2n) is 7.76. The van der Waals surface area contributed by atoms with Crippen LogP contribution in [0.25, 0.3) is 15.3 Å². The van der Waals surface area contributed by atoms with Gasteiger partial charge in [0.05, 0.1) is 21.4 Å². The minimum atomic E-state index is -0.338. The van der Waals surface area contributed by atoms with Gasteiger partial charge in [-0.25, -0.2) is 4.98 Å². The quantitative estimate of drug-likeness (QED) is 0.653. The molecule has 1 aromatic carbocycles. The van der Waals surface area contributed by atoms with Crippen molar-refractivity contribution in [2.75, 3.05) is 0 Å². The molecule has 3 heterocycles. The molecule has 0 N–H and O–H groups in total. The molecule has 3 aromatic rings. The fraction of sp³-hybridized carbons (Fsp3) is 0.421. The fourth-order valence-corrected chi connectivity index (χ4v) is 4.25. The van der Waals surface area contributed by atoms with E-state index in [1.54, 1.807) is 11.3 Å². The van der Waals surface area contributed by atoms with Crippen LogP contribution in [0.4, 0.5) is 0 Å². The van der Waals surface area contributed by atoms with Crippen LogP contribution in [-0.4, -0.2) is 27.9 Å². The predicted molar refractivity (Wildman–Crippen MR) is 104 cm³/mol. The van der Waals surface area contributed by atoms with Crippen LogP contribution in [0, 0.1) is 13.8 Å². The molecule has 2 aromatic heterocycles. The second kappa shape index (κ2) is 5.43. The first-order valence-corrected chi connectivity index (χ1v) is 9.41. The van der Waals surface area contributed by atoms with E-state index < -0.39 is 0 Å². The largest absolute Gasteiger partial charge is 0.494 e. The summed E-state index contributed by atoms with van der Waals surface area (Å²) in [5, 5.41) is 1.00. The van der Waals surface area contributed by atoms with Crippen molar-refractivity contribution in [2.24, 2.45) is 0 Å². The number of aryl methyl sites for hydroxylation is 2. The summed E-state index contributed by atoms with van der Waals surface area (Å²) in [6, 6.07) is 10.5. The van der Waals surface area contributed by atoms with Gasteiger partial charge in [0.15, 0.2) is 5.13 Å². The summed E-state index contributed by atoms with van der Waals surface area (Å²) in [6.45, 7) is 12.5. The van der Waals surface area contributed by atoms with E-state index in [0.29, 0.717) is 0 Å². The van der Waals surface area contributed by atoms with Crippen molar-refractivity contribution in [3.63, 3.8) is 0 Å². The first kappa shape index (κ1) is 16.8. The van der Waals surface area contributed by atoms with Gasteiger partial charge in [-0.05, 0) is 71.3 Å². The van der Waals surface area contributed by atoms with Gasteiger partial charge in [-0.15, -0.1) is 0 Å². The molecule has 4 nitrogen and oxygen atoms in total. The summed E-state index contributed by atoms with van der Waals surface area (Å²) >= 11 is 1.70. The maximum atomic E-state index is 6.17. The minimum Gasteiger partial charge on any atom is -0.399 e. The zero-order valence-corrected chi connectivity index (χ0v) is 16.4. The van der Waals surface area contributed by atoms with Crippen molar-refractivity contribution >= 4 is 34.1 Å². The van der Waals surface area contributed by atoms with Gasteiger partial charge in [-0.2, -0.15) is 0 Å². The maximum Gasteiger partial charge on any atom is 0.494 e. The second-order valence-corrected chi connectivity index (χ2v) is 8.77. The number of aromatic nitrogens is 2. The lowest BCUT2D eigenvalue weighted by Gasteiger charge is -2.32. The summed E-state index contributed by atoms with van der Waals surface area (Å²) in [6.07, 6.45) is 0. The Bertz CT molecular complexity index is 922. The third-order valence-electron chi connectivity index (χ3n) is 5.39. The molecule has 0 atom stereocenters. The molecule has 1 aliphatic rings. The number of rotatable bonds is 2. The Kier molecular flexibility index (Phi) is 3.66. The Balaban J connectivity index is 1.73. The van der Waals surface area contributed by atoms with Crippen molar-refractivity contribution in [3.05, 3.63) is 41.7 Å². The van der Waals surface area contributed by atoms with Gasteiger partial charge in [-0.3, -0.25) is 4.57 Å². The molecule has 0 radical (unpaired) electrons. The molecule has 0 spiro atoms. The minimum absolute atomic E-state index is 0.329. The highest BCUT2D eigenvalue weighted by Crippen LogP contribution is 2.37. The van der Waals surface area contributed by atoms with Gasteiger partial charge in [0, 0.05) is 11.4 Å². The average Bonchev–Trinajstić information content (AvgIpc) is 3.13. The number of benzene rings is 1. The topological polar surface area (TPSA) is 36.3 Å². The van der Waals surface area contributed by atoms with E-state index in [-0.39, 0.29) is 18.3 Å². The first-order valence-electron chi connectivity index (χ1n) is 8.59. The number of fused-ring (bicyclic) bond motifs is 1. The summed E-state index contributed by atoms with van der Waals surface area (Å²) in [5.74, 6) is 0. The highest BCUT2D eigenvalue weighted by Gasteiger charge is 2.51. The summed E-state index contributed by atoms with van der Waals surface area (Å²) < 4.78 is 15.7. The molecule has 1 aliphatic heterocycles. The van der Waals surface area contributed by atoms with E-state index in [4.69, 9.17) is 14.3 Å². The van der Waals surface area contributed by atoms with E-state index in [1.807, 2.05) is 0 Å². The van der Waals surface area contributed by atoms with Crippen molar-refractivity contribution in [1.29, 1.82) is 0 Å². The standard InChI is InChI=1S/C19H23BN2O2S/c1-12-7-8-13(2)22(12)17-21-15-10-9-14(11-16(15)25-17)20-23-18(3,4)19(5,6)24-20/h7-11H,1-6H3. The SMILES string of the molecule is Cc1ccc(C)n1-c1nc2ccc(B3OC(C)(C)C(C)(C)O3)cc2s1. The highest BCUT2D eigenvalue weighted by molar-refractivity contribution is 7.20. The van der Waals surface area contributed by atoms with Gasteiger partial charge in [0.2, 0.25) is 0 Å². The Hall–Kier alpha value is -1.63. The van der Waals surface area contributed by atoms with Crippen molar-refractivity contribution in [2.45, 2.75) is 52.7 Å². The van der Waals surface area contributed by atoms with Crippen LogP contribution in [0.2, 0.25) is 0 Å². The number of hydrogen-bond donors (Lipinski definition) is 0. The smallest absolute Gasteiger partial charge is 0.399 e. The van der Waals surface area contributed by atoms with Gasteiger partial charge in [-0.1, -0.05) is 17.4 Å². The Labute approximate surface area is 152 Å². The molecule has 0 aliphatic carbocycles. The van der Waals surface area contributed by atoms with Gasteiger partial charge < -0.3 is 9.31 Å². The number of hydrogen-bond acceptors (Lipinski definition) is 4. The van der Waals surface area contributed by atoms with Crippen LogP contribution in [-0.2, 0) is 9.31 Å². The van der Waals surface area contributed by atoms with Crippen LogP contribution in [0.5, 0.6) is 0 Å². The molecular weight excluding hydrogens is 331 g/mol. The van der Waals surface area contributed by atoms with E-state index in [0.717, 1.165) is 20.8 Å². The Morgan fingerprint density at radius 3 is 2.16 bits per heavy atom.